The Morgan fingerprint density at radius 3 is 3.00 bits per heavy atom. The lowest BCUT2D eigenvalue weighted by Gasteiger charge is -2.23. The molecule has 0 unspecified atom stereocenters. The number of ether oxygens (including phenoxy) is 1. The maximum atomic E-state index is 5.38. The molecule has 0 radical (unpaired) electrons. The van der Waals surface area contributed by atoms with E-state index in [4.69, 9.17) is 4.74 Å². The summed E-state index contributed by atoms with van der Waals surface area (Å²) < 4.78 is 5.38. The van der Waals surface area contributed by atoms with Crippen LogP contribution in [-0.4, -0.2) is 45.7 Å². The van der Waals surface area contributed by atoms with Crippen LogP contribution in [0, 0.1) is 0 Å². The maximum Gasteiger partial charge on any atom is 0.226 e. The lowest BCUT2D eigenvalue weighted by molar-refractivity contribution is 0.0904. The van der Waals surface area contributed by atoms with E-state index in [0.717, 1.165) is 50.4 Å². The number of fused-ring (bicyclic) bond motifs is 1. The summed E-state index contributed by atoms with van der Waals surface area (Å²) in [5, 5.41) is 6.70. The zero-order valence-corrected chi connectivity index (χ0v) is 11.6. The smallest absolute Gasteiger partial charge is 0.226 e. The van der Waals surface area contributed by atoms with E-state index >= 15 is 0 Å². The molecule has 0 spiro atoms. The number of anilines is 2. The number of rotatable bonds is 5. The number of H-pyrrole nitrogens is 1. The van der Waals surface area contributed by atoms with Gasteiger partial charge in [-0.15, -0.1) is 0 Å². The second-order valence-electron chi connectivity index (χ2n) is 4.95. The van der Waals surface area contributed by atoms with Crippen molar-refractivity contribution in [3.63, 3.8) is 0 Å². The van der Waals surface area contributed by atoms with Gasteiger partial charge >= 0.3 is 0 Å². The zero-order chi connectivity index (χ0) is 13.8. The minimum Gasteiger partial charge on any atom is -0.381 e. The predicted molar refractivity (Wildman–Crippen MR) is 77.9 cm³/mol. The second-order valence-corrected chi connectivity index (χ2v) is 4.95. The van der Waals surface area contributed by atoms with E-state index in [1.807, 2.05) is 0 Å². The molecule has 1 aliphatic rings. The summed E-state index contributed by atoms with van der Waals surface area (Å²) in [5.41, 5.74) is 1.55. The predicted octanol–water partition coefficient (Wildman–Crippen LogP) is 1.77. The van der Waals surface area contributed by atoms with Crippen LogP contribution in [0.15, 0.2) is 6.33 Å². The maximum absolute atomic E-state index is 5.38. The first-order chi connectivity index (χ1) is 9.86. The van der Waals surface area contributed by atoms with Gasteiger partial charge in [-0.2, -0.15) is 9.97 Å². The van der Waals surface area contributed by atoms with Gasteiger partial charge in [0.1, 0.15) is 5.52 Å². The van der Waals surface area contributed by atoms with Crippen molar-refractivity contribution in [1.29, 1.82) is 0 Å². The molecule has 2 aromatic rings. The SMILES string of the molecule is CCCNc1nc(NC2CCOCC2)c2[nH]cnc2n1. The van der Waals surface area contributed by atoms with Crippen LogP contribution in [0.3, 0.4) is 0 Å². The molecule has 0 aliphatic carbocycles. The minimum atomic E-state index is 0.393. The molecule has 1 aliphatic heterocycles. The van der Waals surface area contributed by atoms with Crippen LogP contribution in [0.5, 0.6) is 0 Å². The topological polar surface area (TPSA) is 87.8 Å². The summed E-state index contributed by atoms with van der Waals surface area (Å²) in [5.74, 6) is 1.44. The minimum absolute atomic E-state index is 0.393. The fraction of sp³-hybridized carbons (Fsp3) is 0.615. The molecule has 0 amide bonds. The van der Waals surface area contributed by atoms with Gasteiger partial charge in [0.2, 0.25) is 5.95 Å². The summed E-state index contributed by atoms with van der Waals surface area (Å²) in [6.07, 6.45) is 4.68. The van der Waals surface area contributed by atoms with Crippen LogP contribution in [0.25, 0.3) is 11.2 Å². The second kappa shape index (κ2) is 6.04. The lowest BCUT2D eigenvalue weighted by Crippen LogP contribution is -2.28. The van der Waals surface area contributed by atoms with Gasteiger partial charge in [-0.1, -0.05) is 6.92 Å². The molecule has 0 atom stereocenters. The van der Waals surface area contributed by atoms with Gasteiger partial charge in [-0.25, -0.2) is 4.98 Å². The van der Waals surface area contributed by atoms with Crippen molar-refractivity contribution in [2.75, 3.05) is 30.4 Å². The van der Waals surface area contributed by atoms with E-state index in [0.29, 0.717) is 17.6 Å². The van der Waals surface area contributed by atoms with E-state index in [1.54, 1.807) is 6.33 Å². The molecule has 20 heavy (non-hydrogen) atoms. The van der Waals surface area contributed by atoms with Gasteiger partial charge in [0, 0.05) is 25.8 Å². The normalized spacial score (nSPS) is 16.4. The quantitative estimate of drug-likeness (QED) is 0.771. The molecule has 3 rings (SSSR count). The number of hydrogen-bond donors (Lipinski definition) is 3. The van der Waals surface area contributed by atoms with E-state index in [-0.39, 0.29) is 0 Å². The van der Waals surface area contributed by atoms with Crippen LogP contribution < -0.4 is 10.6 Å². The number of nitrogens with zero attached hydrogens (tertiary/aromatic N) is 3. The summed E-state index contributed by atoms with van der Waals surface area (Å²) in [4.78, 5) is 16.3. The van der Waals surface area contributed by atoms with Gasteiger partial charge in [0.25, 0.3) is 0 Å². The molecule has 0 aromatic carbocycles. The molecule has 108 valence electrons. The van der Waals surface area contributed by atoms with Crippen LogP contribution >= 0.6 is 0 Å². The van der Waals surface area contributed by atoms with E-state index in [9.17, 15) is 0 Å². The molecule has 3 heterocycles. The number of nitrogens with one attached hydrogen (secondary N) is 3. The third-order valence-electron chi connectivity index (χ3n) is 3.38. The third kappa shape index (κ3) is 2.82. The molecule has 2 aromatic heterocycles. The molecule has 1 fully saturated rings. The van der Waals surface area contributed by atoms with Gasteiger partial charge in [0.15, 0.2) is 11.5 Å². The molecule has 0 saturated carbocycles. The zero-order valence-electron chi connectivity index (χ0n) is 11.6. The van der Waals surface area contributed by atoms with Crippen molar-refractivity contribution in [2.24, 2.45) is 0 Å². The van der Waals surface area contributed by atoms with Crippen molar-refractivity contribution in [1.82, 2.24) is 19.9 Å². The van der Waals surface area contributed by atoms with Crippen LogP contribution in [0.4, 0.5) is 11.8 Å². The third-order valence-corrected chi connectivity index (χ3v) is 3.38. The Morgan fingerprint density at radius 1 is 1.35 bits per heavy atom. The number of hydrogen-bond acceptors (Lipinski definition) is 6. The van der Waals surface area contributed by atoms with Gasteiger partial charge in [-0.05, 0) is 19.3 Å². The lowest BCUT2D eigenvalue weighted by atomic mass is 10.1. The highest BCUT2D eigenvalue weighted by Crippen LogP contribution is 2.21. The number of imidazole rings is 1. The Hall–Kier alpha value is -1.89. The molecular weight excluding hydrogens is 256 g/mol. The fourth-order valence-corrected chi connectivity index (χ4v) is 2.29. The van der Waals surface area contributed by atoms with Crippen molar-refractivity contribution < 1.29 is 4.74 Å². The van der Waals surface area contributed by atoms with Crippen molar-refractivity contribution >= 4 is 22.9 Å². The number of aromatic nitrogens is 4. The summed E-state index contributed by atoms with van der Waals surface area (Å²) >= 11 is 0. The van der Waals surface area contributed by atoms with E-state index in [2.05, 4.69) is 37.5 Å². The average Bonchev–Trinajstić information content (AvgIpc) is 2.95. The molecule has 7 heteroatoms. The first-order valence-electron chi connectivity index (χ1n) is 7.16. The Bertz CT molecular complexity index is 563. The van der Waals surface area contributed by atoms with Gasteiger partial charge in [-0.3, -0.25) is 0 Å². The Kier molecular flexibility index (Phi) is 3.96. The Balaban J connectivity index is 1.84. The van der Waals surface area contributed by atoms with Crippen molar-refractivity contribution in [2.45, 2.75) is 32.2 Å². The Labute approximate surface area is 117 Å². The molecule has 0 bridgehead atoms. The molecule has 1 saturated heterocycles. The van der Waals surface area contributed by atoms with Gasteiger partial charge in [0.05, 0.1) is 6.33 Å². The highest BCUT2D eigenvalue weighted by molar-refractivity contribution is 5.83. The van der Waals surface area contributed by atoms with Crippen molar-refractivity contribution in [3.8, 4) is 0 Å². The van der Waals surface area contributed by atoms with E-state index < -0.39 is 0 Å². The molecule has 7 nitrogen and oxygen atoms in total. The molecule has 3 N–H and O–H groups in total. The van der Waals surface area contributed by atoms with Crippen molar-refractivity contribution in [3.05, 3.63) is 6.33 Å². The summed E-state index contributed by atoms with van der Waals surface area (Å²) in [6, 6.07) is 0.393. The van der Waals surface area contributed by atoms with E-state index in [1.165, 1.54) is 0 Å². The summed E-state index contributed by atoms with van der Waals surface area (Å²) in [7, 11) is 0. The first-order valence-corrected chi connectivity index (χ1v) is 7.16. The van der Waals surface area contributed by atoms with Crippen LogP contribution in [0.1, 0.15) is 26.2 Å². The number of aromatic amines is 1. The fourth-order valence-electron chi connectivity index (χ4n) is 2.29. The average molecular weight is 276 g/mol. The van der Waals surface area contributed by atoms with Crippen LogP contribution in [0.2, 0.25) is 0 Å². The standard InChI is InChI=1S/C13H20N6O/c1-2-5-14-13-18-11-10(15-8-16-11)12(19-13)17-9-3-6-20-7-4-9/h8-9H,2-7H2,1H3,(H3,14,15,16,17,18,19). The highest BCUT2D eigenvalue weighted by atomic mass is 16.5. The monoisotopic (exact) mass is 276 g/mol. The Morgan fingerprint density at radius 2 is 2.20 bits per heavy atom. The largest absolute Gasteiger partial charge is 0.381 e. The first kappa shape index (κ1) is 13.1. The molecular formula is C13H20N6O. The highest BCUT2D eigenvalue weighted by Gasteiger charge is 2.17. The van der Waals surface area contributed by atoms with Crippen LogP contribution in [-0.2, 0) is 4.74 Å². The van der Waals surface area contributed by atoms with Gasteiger partial charge < -0.3 is 20.4 Å². The summed E-state index contributed by atoms with van der Waals surface area (Å²) in [6.45, 7) is 4.57.